The second-order valence-corrected chi connectivity index (χ2v) is 7.95. The number of rotatable bonds is 8. The molecule has 31 heavy (non-hydrogen) atoms. The Labute approximate surface area is 179 Å². The summed E-state index contributed by atoms with van der Waals surface area (Å²) in [5.41, 5.74) is -0.796. The summed E-state index contributed by atoms with van der Waals surface area (Å²) in [6, 6.07) is -1.05. The van der Waals surface area contributed by atoms with Gasteiger partial charge in [-0.2, -0.15) is 13.2 Å². The lowest BCUT2D eigenvalue weighted by molar-refractivity contribution is -0.174. The second kappa shape index (κ2) is 8.93. The molecule has 1 saturated heterocycles. The van der Waals surface area contributed by atoms with Gasteiger partial charge in [0.15, 0.2) is 10.8 Å². The fourth-order valence-corrected chi connectivity index (χ4v) is 4.42. The van der Waals surface area contributed by atoms with Crippen molar-refractivity contribution in [2.45, 2.75) is 17.6 Å². The van der Waals surface area contributed by atoms with Gasteiger partial charge in [0, 0.05) is 17.3 Å². The molecule has 1 fully saturated rings. The molecule has 166 valence electrons. The summed E-state index contributed by atoms with van der Waals surface area (Å²) in [5, 5.41) is 17.5. The molecule has 3 N–H and O–H groups in total. The maximum Gasteiger partial charge on any atom is 0.425 e. The molecule has 0 aromatic carbocycles. The Balaban J connectivity index is 1.76. The molecular formula is C15H12F3N5O6S2. The molecule has 11 nitrogen and oxygen atoms in total. The number of carbonyl (C=O) groups excluding carboxylic acids is 3. The van der Waals surface area contributed by atoms with E-state index in [1.807, 2.05) is 0 Å². The summed E-state index contributed by atoms with van der Waals surface area (Å²) in [4.78, 5) is 55.7. The monoisotopic (exact) mass is 479 g/mol. The van der Waals surface area contributed by atoms with Crippen LogP contribution < -0.4 is 10.6 Å². The summed E-state index contributed by atoms with van der Waals surface area (Å²) in [5.74, 6) is -2.71. The molecule has 0 saturated carbocycles. The molecule has 0 aliphatic carbocycles. The van der Waals surface area contributed by atoms with Crippen molar-refractivity contribution in [3.8, 4) is 0 Å². The van der Waals surface area contributed by atoms with Gasteiger partial charge in [-0.15, -0.1) is 23.1 Å². The van der Waals surface area contributed by atoms with E-state index in [2.05, 4.69) is 25.6 Å². The lowest BCUT2D eigenvalue weighted by Gasteiger charge is -2.46. The van der Waals surface area contributed by atoms with Crippen molar-refractivity contribution >= 4 is 58.1 Å². The molecule has 2 aliphatic heterocycles. The third kappa shape index (κ3) is 5.13. The molecule has 2 aliphatic rings. The first kappa shape index (κ1) is 22.5. The number of hydrogen-bond donors (Lipinski definition) is 3. The van der Waals surface area contributed by atoms with Gasteiger partial charge in [0.05, 0.1) is 5.57 Å². The van der Waals surface area contributed by atoms with E-state index in [-0.39, 0.29) is 22.2 Å². The Morgan fingerprint density at radius 3 is 2.84 bits per heavy atom. The van der Waals surface area contributed by atoms with Crippen LogP contribution in [0.5, 0.6) is 0 Å². The minimum absolute atomic E-state index is 0.0138. The van der Waals surface area contributed by atoms with Gasteiger partial charge in [0.1, 0.15) is 17.1 Å². The van der Waals surface area contributed by atoms with Crippen molar-refractivity contribution in [1.29, 1.82) is 0 Å². The summed E-state index contributed by atoms with van der Waals surface area (Å²) in [6.07, 6.45) is -3.21. The number of oxime groups is 1. The molecule has 3 rings (SSSR count). The summed E-state index contributed by atoms with van der Waals surface area (Å²) < 4.78 is 37.1. The number of fused-ring (bicyclic) bond motifs is 1. The summed E-state index contributed by atoms with van der Waals surface area (Å²) >= 11 is 1.99. The van der Waals surface area contributed by atoms with Crippen LogP contribution in [-0.2, 0) is 24.0 Å². The highest BCUT2D eigenvalue weighted by Gasteiger charge is 2.50. The second-order valence-electron chi connectivity index (χ2n) is 5.99. The average Bonchev–Trinajstić information content (AvgIpc) is 3.16. The van der Waals surface area contributed by atoms with Gasteiger partial charge in [0.25, 0.3) is 11.8 Å². The molecule has 16 heteroatoms. The quantitative estimate of drug-likeness (QED) is 0.209. The molecule has 0 bridgehead atoms. The van der Waals surface area contributed by atoms with Crippen molar-refractivity contribution in [2.75, 3.05) is 17.7 Å². The first-order chi connectivity index (χ1) is 14.6. The first-order valence-electron chi connectivity index (χ1n) is 8.22. The Morgan fingerprint density at radius 1 is 1.45 bits per heavy atom. The number of amides is 3. The van der Waals surface area contributed by atoms with Crippen LogP contribution in [0.4, 0.5) is 18.3 Å². The van der Waals surface area contributed by atoms with E-state index in [0.29, 0.717) is 6.41 Å². The number of thiazole rings is 1. The number of carboxylic acids is 1. The number of anilines is 1. The van der Waals surface area contributed by atoms with Gasteiger partial charge in [-0.1, -0.05) is 5.16 Å². The maximum atomic E-state index is 12.6. The van der Waals surface area contributed by atoms with E-state index in [1.165, 1.54) is 11.6 Å². The van der Waals surface area contributed by atoms with Crippen molar-refractivity contribution in [3.05, 3.63) is 22.8 Å². The smallest absolute Gasteiger partial charge is 0.425 e. The van der Waals surface area contributed by atoms with Crippen LogP contribution in [0.15, 0.2) is 22.3 Å². The van der Waals surface area contributed by atoms with Crippen LogP contribution in [0.25, 0.3) is 0 Å². The first-order valence-corrected chi connectivity index (χ1v) is 10.1. The molecule has 2 atom stereocenters. The molecule has 0 radical (unpaired) electrons. The van der Waals surface area contributed by atoms with E-state index >= 15 is 0 Å². The zero-order chi connectivity index (χ0) is 22.8. The molecule has 3 amide bonds. The predicted octanol–water partition coefficient (Wildman–Crippen LogP) is 0.363. The third-order valence-electron chi connectivity index (χ3n) is 3.87. The Hall–Kier alpha value is -3.14. The van der Waals surface area contributed by atoms with Gasteiger partial charge in [-0.3, -0.25) is 14.4 Å². The number of alkyl halides is 3. The predicted molar refractivity (Wildman–Crippen MR) is 101 cm³/mol. The molecule has 1 aromatic heterocycles. The van der Waals surface area contributed by atoms with Gasteiger partial charge < -0.3 is 25.5 Å². The van der Waals surface area contributed by atoms with Crippen LogP contribution in [0.3, 0.4) is 0 Å². The average molecular weight is 479 g/mol. The van der Waals surface area contributed by atoms with Crippen LogP contribution in [0.1, 0.15) is 5.69 Å². The molecule has 0 spiro atoms. The lowest BCUT2D eigenvalue weighted by atomic mass is 10.1. The van der Waals surface area contributed by atoms with Gasteiger partial charge in [-0.05, 0) is 0 Å². The van der Waals surface area contributed by atoms with Crippen LogP contribution >= 0.6 is 23.1 Å². The third-order valence-corrected chi connectivity index (χ3v) is 5.97. The number of nitrogens with one attached hydrogen (secondary N) is 2. The largest absolute Gasteiger partial charge is 0.478 e. The highest BCUT2D eigenvalue weighted by atomic mass is 32.2. The van der Waals surface area contributed by atoms with E-state index < -0.39 is 47.7 Å². The number of carboxylic acid groups (broad SMARTS) is 1. The molecular weight excluding hydrogens is 467 g/mol. The number of halogens is 3. The topological polar surface area (TPSA) is 150 Å². The van der Waals surface area contributed by atoms with E-state index in [9.17, 15) is 32.3 Å². The fraction of sp³-hybridized carbons (Fsp3) is 0.333. The number of thioether (sulfide) groups is 1. The van der Waals surface area contributed by atoms with Crippen LogP contribution in [0, 0.1) is 0 Å². The normalized spacial score (nSPS) is 20.9. The van der Waals surface area contributed by atoms with E-state index in [4.69, 9.17) is 5.11 Å². The van der Waals surface area contributed by atoms with Gasteiger partial charge in [0.2, 0.25) is 13.0 Å². The Kier molecular flexibility index (Phi) is 6.49. The maximum absolute atomic E-state index is 12.6. The summed E-state index contributed by atoms with van der Waals surface area (Å²) in [6.45, 7) is -1.76. The fourth-order valence-electron chi connectivity index (χ4n) is 2.51. The summed E-state index contributed by atoms with van der Waals surface area (Å²) in [7, 11) is 0. The number of aliphatic carboxylic acids is 1. The number of aromatic nitrogens is 1. The number of β-lactam (4-membered cyclic amide) rings is 1. The molecule has 1 unspecified atom stereocenters. The number of nitrogens with zero attached hydrogens (tertiary/aromatic N) is 3. The van der Waals surface area contributed by atoms with Crippen molar-refractivity contribution in [1.82, 2.24) is 15.2 Å². The van der Waals surface area contributed by atoms with Gasteiger partial charge in [-0.25, -0.2) is 9.78 Å². The molecule has 3 heterocycles. The standard InChI is InChI=1S/C15H12F3N5O6S2/c16-15(17,18)4-29-22-8(7-3-31-14(20-7)19-5-24)10(25)21-9-11(26)23-1-6(13(27)28)2-30-12(9)23/h1,3,5,9,12H,2,4H2,(H,21,25)(H,27,28)(H,19,20,24)/t9?,12-/m1/s1. The number of hydrogen-bond acceptors (Lipinski definition) is 9. The number of carbonyl (C=O) groups is 4. The zero-order valence-corrected chi connectivity index (χ0v) is 16.7. The highest BCUT2D eigenvalue weighted by Crippen LogP contribution is 2.36. The molecule has 1 aromatic rings. The van der Waals surface area contributed by atoms with Crippen LogP contribution in [-0.4, -0.2) is 74.8 Å². The lowest BCUT2D eigenvalue weighted by Crippen LogP contribution is -2.69. The minimum atomic E-state index is -4.70. The van der Waals surface area contributed by atoms with Gasteiger partial charge >= 0.3 is 12.1 Å². The zero-order valence-electron chi connectivity index (χ0n) is 15.1. The Bertz CT molecular complexity index is 979. The SMILES string of the molecule is O=CNc1nc(C(=NOCC(F)(F)F)C(=O)NC2C(=O)N3C=C(C(=O)O)CS[C@H]23)cs1. The van der Waals surface area contributed by atoms with Crippen LogP contribution in [0.2, 0.25) is 0 Å². The van der Waals surface area contributed by atoms with Crippen molar-refractivity contribution in [3.63, 3.8) is 0 Å². The van der Waals surface area contributed by atoms with Crippen molar-refractivity contribution in [2.24, 2.45) is 5.16 Å². The Morgan fingerprint density at radius 2 is 2.19 bits per heavy atom. The van der Waals surface area contributed by atoms with E-state index in [0.717, 1.165) is 28.0 Å². The highest BCUT2D eigenvalue weighted by molar-refractivity contribution is 8.00. The van der Waals surface area contributed by atoms with E-state index in [1.54, 1.807) is 0 Å². The minimum Gasteiger partial charge on any atom is -0.478 e. The van der Waals surface area contributed by atoms with Crippen molar-refractivity contribution < 1.29 is 42.3 Å².